The third-order valence-electron chi connectivity index (χ3n) is 2.31. The molecule has 2 amide bonds. The number of hydrogen-bond donors (Lipinski definition) is 2. The van der Waals surface area contributed by atoms with Gasteiger partial charge in [-0.1, -0.05) is 12.1 Å². The third kappa shape index (κ3) is 1.74. The summed E-state index contributed by atoms with van der Waals surface area (Å²) >= 11 is 0. The lowest BCUT2D eigenvalue weighted by Gasteiger charge is -2.00. The van der Waals surface area contributed by atoms with E-state index in [1.165, 1.54) is 6.08 Å². The molecule has 0 saturated heterocycles. The van der Waals surface area contributed by atoms with Crippen LogP contribution in [0.1, 0.15) is 21.5 Å². The standard InChI is InChI=1S/C11H10N2O2/c12-10(14)5-4-7-2-1-3-8-9(7)6-13-11(8)15/h1-5H,6H2,(H2,12,14)(H,13,15). The topological polar surface area (TPSA) is 72.2 Å². The van der Waals surface area contributed by atoms with E-state index in [9.17, 15) is 9.59 Å². The second-order valence-corrected chi connectivity index (χ2v) is 3.29. The van der Waals surface area contributed by atoms with Crippen LogP contribution in [0.3, 0.4) is 0 Å². The summed E-state index contributed by atoms with van der Waals surface area (Å²) in [5, 5.41) is 2.72. The first-order valence-corrected chi connectivity index (χ1v) is 4.56. The maximum absolute atomic E-state index is 11.3. The van der Waals surface area contributed by atoms with Gasteiger partial charge in [-0.05, 0) is 23.3 Å². The summed E-state index contributed by atoms with van der Waals surface area (Å²) in [6.45, 7) is 0.507. The Morgan fingerprint density at radius 3 is 3.00 bits per heavy atom. The van der Waals surface area contributed by atoms with Crippen LogP contribution in [0.25, 0.3) is 6.08 Å². The number of fused-ring (bicyclic) bond motifs is 1. The Labute approximate surface area is 86.8 Å². The normalized spacial score (nSPS) is 14.0. The number of carbonyl (C=O) groups is 2. The van der Waals surface area contributed by atoms with Crippen LogP contribution in [0.15, 0.2) is 24.3 Å². The summed E-state index contributed by atoms with van der Waals surface area (Å²) in [4.78, 5) is 21.9. The smallest absolute Gasteiger partial charge is 0.251 e. The number of carbonyl (C=O) groups excluding carboxylic acids is 2. The van der Waals surface area contributed by atoms with Crippen molar-refractivity contribution in [2.45, 2.75) is 6.54 Å². The summed E-state index contributed by atoms with van der Waals surface area (Å²) in [7, 11) is 0. The molecule has 3 N–H and O–H groups in total. The first-order valence-electron chi connectivity index (χ1n) is 4.56. The maximum Gasteiger partial charge on any atom is 0.251 e. The van der Waals surface area contributed by atoms with Crippen molar-refractivity contribution in [2.75, 3.05) is 0 Å². The number of nitrogens with one attached hydrogen (secondary N) is 1. The fourth-order valence-electron chi connectivity index (χ4n) is 1.61. The summed E-state index contributed by atoms with van der Waals surface area (Å²) in [5.74, 6) is -0.566. The Morgan fingerprint density at radius 2 is 2.27 bits per heavy atom. The lowest BCUT2D eigenvalue weighted by Crippen LogP contribution is -2.12. The Kier molecular flexibility index (Phi) is 2.25. The van der Waals surface area contributed by atoms with Crippen molar-refractivity contribution in [3.8, 4) is 0 Å². The van der Waals surface area contributed by atoms with E-state index >= 15 is 0 Å². The zero-order valence-corrected chi connectivity index (χ0v) is 7.99. The minimum Gasteiger partial charge on any atom is -0.366 e. The quantitative estimate of drug-likeness (QED) is 0.682. The van der Waals surface area contributed by atoms with E-state index in [4.69, 9.17) is 5.73 Å². The van der Waals surface area contributed by atoms with Gasteiger partial charge in [0.15, 0.2) is 0 Å². The van der Waals surface area contributed by atoms with Gasteiger partial charge in [-0.2, -0.15) is 0 Å². The summed E-state index contributed by atoms with van der Waals surface area (Å²) < 4.78 is 0. The van der Waals surface area contributed by atoms with E-state index in [1.807, 2.05) is 6.07 Å². The molecule has 1 aromatic carbocycles. The van der Waals surface area contributed by atoms with Crippen molar-refractivity contribution < 1.29 is 9.59 Å². The van der Waals surface area contributed by atoms with Crippen molar-refractivity contribution >= 4 is 17.9 Å². The largest absolute Gasteiger partial charge is 0.366 e. The highest BCUT2D eigenvalue weighted by Gasteiger charge is 2.19. The second kappa shape index (κ2) is 3.57. The van der Waals surface area contributed by atoms with Crippen molar-refractivity contribution in [2.24, 2.45) is 5.73 Å². The minimum absolute atomic E-state index is 0.0701. The third-order valence-corrected chi connectivity index (χ3v) is 2.31. The molecule has 76 valence electrons. The lowest BCUT2D eigenvalue weighted by atomic mass is 10.0. The van der Waals surface area contributed by atoms with Gasteiger partial charge in [0, 0.05) is 18.2 Å². The van der Waals surface area contributed by atoms with Crippen molar-refractivity contribution in [3.63, 3.8) is 0 Å². The van der Waals surface area contributed by atoms with Gasteiger partial charge in [0.05, 0.1) is 0 Å². The molecule has 1 aliphatic rings. The van der Waals surface area contributed by atoms with Gasteiger partial charge < -0.3 is 11.1 Å². The molecule has 0 fully saturated rings. The molecule has 0 aliphatic carbocycles. The number of rotatable bonds is 2. The molecule has 1 aliphatic heterocycles. The van der Waals surface area contributed by atoms with Crippen LogP contribution in [-0.2, 0) is 11.3 Å². The molecule has 1 heterocycles. The van der Waals surface area contributed by atoms with Crippen molar-refractivity contribution in [1.82, 2.24) is 5.32 Å². The highest BCUT2D eigenvalue weighted by Crippen LogP contribution is 2.20. The number of nitrogens with two attached hydrogens (primary N) is 1. The van der Waals surface area contributed by atoms with E-state index < -0.39 is 5.91 Å². The van der Waals surface area contributed by atoms with Crippen molar-refractivity contribution in [3.05, 3.63) is 41.0 Å². The fourth-order valence-corrected chi connectivity index (χ4v) is 1.61. The molecule has 0 bridgehead atoms. The van der Waals surface area contributed by atoms with Crippen LogP contribution in [0, 0.1) is 0 Å². The Bertz CT molecular complexity index is 464. The van der Waals surface area contributed by atoms with E-state index in [-0.39, 0.29) is 5.91 Å². The van der Waals surface area contributed by atoms with Crippen LogP contribution in [-0.4, -0.2) is 11.8 Å². The molecule has 15 heavy (non-hydrogen) atoms. The SMILES string of the molecule is NC(=O)C=Cc1cccc2c1CNC2=O. The van der Waals surface area contributed by atoms with E-state index in [0.717, 1.165) is 11.1 Å². The molecule has 0 spiro atoms. The molecule has 4 heteroatoms. The molecular weight excluding hydrogens is 192 g/mol. The lowest BCUT2D eigenvalue weighted by molar-refractivity contribution is -0.113. The van der Waals surface area contributed by atoms with Crippen LogP contribution in [0.5, 0.6) is 0 Å². The zero-order chi connectivity index (χ0) is 10.8. The van der Waals surface area contributed by atoms with Gasteiger partial charge in [0.2, 0.25) is 5.91 Å². The second-order valence-electron chi connectivity index (χ2n) is 3.29. The van der Waals surface area contributed by atoms with E-state index in [2.05, 4.69) is 5.32 Å². The average molecular weight is 202 g/mol. The summed E-state index contributed by atoms with van der Waals surface area (Å²) in [6, 6.07) is 5.39. The molecule has 0 aromatic heterocycles. The molecule has 2 rings (SSSR count). The molecule has 1 aromatic rings. The van der Waals surface area contributed by atoms with Gasteiger partial charge in [-0.25, -0.2) is 0 Å². The van der Waals surface area contributed by atoms with E-state index in [0.29, 0.717) is 12.1 Å². The minimum atomic E-state index is -0.495. The summed E-state index contributed by atoms with van der Waals surface area (Å²) in [6.07, 6.45) is 2.92. The monoisotopic (exact) mass is 202 g/mol. The summed E-state index contributed by atoms with van der Waals surface area (Å²) in [5.41, 5.74) is 7.44. The van der Waals surface area contributed by atoms with Gasteiger partial charge in [-0.3, -0.25) is 9.59 Å². The number of amides is 2. The zero-order valence-electron chi connectivity index (χ0n) is 7.99. The molecule has 0 radical (unpaired) electrons. The van der Waals surface area contributed by atoms with Gasteiger partial charge >= 0.3 is 0 Å². The highest BCUT2D eigenvalue weighted by molar-refractivity contribution is 6.00. The molecule has 4 nitrogen and oxygen atoms in total. The van der Waals surface area contributed by atoms with Crippen LogP contribution < -0.4 is 11.1 Å². The number of primary amides is 1. The van der Waals surface area contributed by atoms with Crippen LogP contribution in [0.4, 0.5) is 0 Å². The van der Waals surface area contributed by atoms with E-state index in [1.54, 1.807) is 18.2 Å². The number of hydrogen-bond acceptors (Lipinski definition) is 2. The molecule has 0 unspecified atom stereocenters. The first-order chi connectivity index (χ1) is 7.18. The van der Waals surface area contributed by atoms with Gasteiger partial charge in [0.25, 0.3) is 5.91 Å². The Balaban J connectivity index is 2.42. The number of benzene rings is 1. The molecule has 0 atom stereocenters. The predicted molar refractivity (Wildman–Crippen MR) is 55.8 cm³/mol. The molecular formula is C11H10N2O2. The van der Waals surface area contributed by atoms with Gasteiger partial charge in [-0.15, -0.1) is 0 Å². The Hall–Kier alpha value is -2.10. The first kappa shape index (κ1) is 9.45. The average Bonchev–Trinajstić information content (AvgIpc) is 2.58. The Morgan fingerprint density at radius 1 is 1.47 bits per heavy atom. The van der Waals surface area contributed by atoms with Crippen LogP contribution in [0.2, 0.25) is 0 Å². The van der Waals surface area contributed by atoms with Crippen molar-refractivity contribution in [1.29, 1.82) is 0 Å². The molecule has 0 saturated carbocycles. The predicted octanol–water partition coefficient (Wildman–Crippen LogP) is 0.429. The maximum atomic E-state index is 11.3. The highest BCUT2D eigenvalue weighted by atomic mass is 16.2. The van der Waals surface area contributed by atoms with Gasteiger partial charge in [0.1, 0.15) is 0 Å². The van der Waals surface area contributed by atoms with Crippen LogP contribution >= 0.6 is 0 Å². The fraction of sp³-hybridized carbons (Fsp3) is 0.0909.